The number of hydrogen-bond acceptors (Lipinski definition) is 4. The molecule has 2 rings (SSSR count). The molecule has 1 aromatic carbocycles. The van der Waals surface area contributed by atoms with Crippen LogP contribution in [0.15, 0.2) is 29.2 Å². The molecular weight excluding hydrogens is 278 g/mol. The van der Waals surface area contributed by atoms with Crippen molar-refractivity contribution in [2.75, 3.05) is 18.9 Å². The van der Waals surface area contributed by atoms with E-state index in [0.717, 1.165) is 25.8 Å². The predicted octanol–water partition coefficient (Wildman–Crippen LogP) is 0.675. The Morgan fingerprint density at radius 2 is 2.15 bits per heavy atom. The van der Waals surface area contributed by atoms with Crippen molar-refractivity contribution in [1.82, 2.24) is 10.0 Å². The summed E-state index contributed by atoms with van der Waals surface area (Å²) in [4.78, 5) is 12.2. The first-order valence-electron chi connectivity index (χ1n) is 6.61. The average molecular weight is 297 g/mol. The van der Waals surface area contributed by atoms with E-state index in [1.807, 2.05) is 0 Å². The van der Waals surface area contributed by atoms with E-state index in [2.05, 4.69) is 15.4 Å². The summed E-state index contributed by atoms with van der Waals surface area (Å²) in [6, 6.07) is 6.02. The highest BCUT2D eigenvalue weighted by atomic mass is 32.2. The lowest BCUT2D eigenvalue weighted by Gasteiger charge is -2.22. The molecule has 1 aliphatic heterocycles. The molecule has 1 aliphatic rings. The van der Waals surface area contributed by atoms with Crippen molar-refractivity contribution in [1.29, 1.82) is 0 Å². The molecular formula is C13H19N3O3S. The van der Waals surface area contributed by atoms with E-state index in [4.69, 9.17) is 0 Å². The van der Waals surface area contributed by atoms with E-state index in [-0.39, 0.29) is 16.8 Å². The summed E-state index contributed by atoms with van der Waals surface area (Å²) < 4.78 is 25.7. The largest absolute Gasteiger partial charge is 0.325 e. The van der Waals surface area contributed by atoms with Crippen LogP contribution >= 0.6 is 0 Å². The van der Waals surface area contributed by atoms with E-state index in [0.29, 0.717) is 5.69 Å². The summed E-state index contributed by atoms with van der Waals surface area (Å²) in [6.45, 7) is 0.840. The summed E-state index contributed by atoms with van der Waals surface area (Å²) in [6.07, 6.45) is 2.92. The number of benzene rings is 1. The summed E-state index contributed by atoms with van der Waals surface area (Å²) >= 11 is 0. The Hall–Kier alpha value is -1.44. The highest BCUT2D eigenvalue weighted by molar-refractivity contribution is 7.89. The third-order valence-electron chi connectivity index (χ3n) is 3.31. The Labute approximate surface area is 119 Å². The molecule has 6 nitrogen and oxygen atoms in total. The molecule has 110 valence electrons. The van der Waals surface area contributed by atoms with Crippen molar-refractivity contribution in [2.24, 2.45) is 0 Å². The third kappa shape index (κ3) is 3.56. The van der Waals surface area contributed by atoms with Gasteiger partial charge in [-0.1, -0.05) is 12.5 Å². The molecule has 1 amide bonds. The fourth-order valence-electron chi connectivity index (χ4n) is 2.16. The molecule has 1 heterocycles. The van der Waals surface area contributed by atoms with Gasteiger partial charge in [0.05, 0.1) is 10.9 Å². The van der Waals surface area contributed by atoms with Crippen LogP contribution in [0.25, 0.3) is 0 Å². The van der Waals surface area contributed by atoms with Gasteiger partial charge in [0.1, 0.15) is 0 Å². The van der Waals surface area contributed by atoms with Gasteiger partial charge in [-0.3, -0.25) is 4.79 Å². The maximum absolute atomic E-state index is 12.1. The van der Waals surface area contributed by atoms with E-state index in [9.17, 15) is 13.2 Å². The SMILES string of the molecule is CNS(=O)(=O)c1cccc(NC(=O)[C@H]2CCCCN2)c1. The molecule has 1 aromatic rings. The van der Waals surface area contributed by atoms with Gasteiger partial charge in [-0.15, -0.1) is 0 Å². The van der Waals surface area contributed by atoms with Gasteiger partial charge < -0.3 is 10.6 Å². The van der Waals surface area contributed by atoms with Crippen molar-refractivity contribution in [3.05, 3.63) is 24.3 Å². The summed E-state index contributed by atoms with van der Waals surface area (Å²) in [5.41, 5.74) is 0.485. The van der Waals surface area contributed by atoms with Gasteiger partial charge in [0.2, 0.25) is 15.9 Å². The van der Waals surface area contributed by atoms with Crippen LogP contribution in [0.1, 0.15) is 19.3 Å². The first-order chi connectivity index (χ1) is 9.53. The lowest BCUT2D eigenvalue weighted by molar-refractivity contribution is -0.118. The van der Waals surface area contributed by atoms with E-state index < -0.39 is 10.0 Å². The molecule has 0 radical (unpaired) electrons. The number of rotatable bonds is 4. The Bertz CT molecular complexity index is 580. The van der Waals surface area contributed by atoms with Gasteiger partial charge in [-0.2, -0.15) is 0 Å². The quantitative estimate of drug-likeness (QED) is 0.762. The average Bonchev–Trinajstić information content (AvgIpc) is 2.48. The predicted molar refractivity (Wildman–Crippen MR) is 77.0 cm³/mol. The zero-order valence-electron chi connectivity index (χ0n) is 11.3. The van der Waals surface area contributed by atoms with Crippen LogP contribution < -0.4 is 15.4 Å². The summed E-state index contributed by atoms with van der Waals surface area (Å²) in [7, 11) is -2.14. The molecule has 1 atom stereocenters. The molecule has 0 unspecified atom stereocenters. The highest BCUT2D eigenvalue weighted by Crippen LogP contribution is 2.16. The fourth-order valence-corrected chi connectivity index (χ4v) is 2.94. The van der Waals surface area contributed by atoms with Crippen LogP contribution in [0.2, 0.25) is 0 Å². The van der Waals surface area contributed by atoms with Gasteiger partial charge in [0.15, 0.2) is 0 Å². The topological polar surface area (TPSA) is 87.3 Å². The third-order valence-corrected chi connectivity index (χ3v) is 4.72. The molecule has 0 bridgehead atoms. The number of sulfonamides is 1. The highest BCUT2D eigenvalue weighted by Gasteiger charge is 2.21. The van der Waals surface area contributed by atoms with Crippen LogP contribution in [0, 0.1) is 0 Å². The Morgan fingerprint density at radius 3 is 2.80 bits per heavy atom. The first-order valence-corrected chi connectivity index (χ1v) is 8.09. The van der Waals surface area contributed by atoms with Gasteiger partial charge in [0.25, 0.3) is 0 Å². The Balaban J connectivity index is 2.10. The molecule has 0 aromatic heterocycles. The minimum atomic E-state index is -3.50. The van der Waals surface area contributed by atoms with Gasteiger partial charge >= 0.3 is 0 Å². The summed E-state index contributed by atoms with van der Waals surface area (Å²) in [5, 5.41) is 5.91. The minimum absolute atomic E-state index is 0.122. The second kappa shape index (κ2) is 6.34. The van der Waals surface area contributed by atoms with Crippen molar-refractivity contribution in [2.45, 2.75) is 30.2 Å². The van der Waals surface area contributed by atoms with E-state index >= 15 is 0 Å². The standard InChI is InChI=1S/C13H19N3O3S/c1-14-20(18,19)11-6-4-5-10(9-11)16-13(17)12-7-2-3-8-15-12/h4-6,9,12,14-15H,2-3,7-8H2,1H3,(H,16,17)/t12-/m1/s1. The normalized spacial score (nSPS) is 19.6. The maximum atomic E-state index is 12.1. The van der Waals surface area contributed by atoms with Crippen LogP contribution in [-0.4, -0.2) is 34.0 Å². The number of carbonyl (C=O) groups is 1. The molecule has 0 aliphatic carbocycles. The first kappa shape index (κ1) is 15.0. The number of hydrogen-bond donors (Lipinski definition) is 3. The van der Waals surface area contributed by atoms with Crippen LogP contribution in [-0.2, 0) is 14.8 Å². The smallest absolute Gasteiger partial charge is 0.241 e. The minimum Gasteiger partial charge on any atom is -0.325 e. The second-order valence-electron chi connectivity index (χ2n) is 4.73. The number of carbonyl (C=O) groups excluding carboxylic acids is 1. The molecule has 0 saturated carbocycles. The van der Waals surface area contributed by atoms with Crippen molar-refractivity contribution in [3.63, 3.8) is 0 Å². The molecule has 1 saturated heterocycles. The van der Waals surface area contributed by atoms with Crippen molar-refractivity contribution in [3.8, 4) is 0 Å². The number of nitrogens with one attached hydrogen (secondary N) is 3. The Kier molecular flexibility index (Phi) is 4.74. The Morgan fingerprint density at radius 1 is 1.35 bits per heavy atom. The van der Waals surface area contributed by atoms with E-state index in [1.165, 1.54) is 19.2 Å². The fraction of sp³-hybridized carbons (Fsp3) is 0.462. The number of anilines is 1. The van der Waals surface area contributed by atoms with Gasteiger partial charge in [0, 0.05) is 5.69 Å². The zero-order chi connectivity index (χ0) is 14.6. The maximum Gasteiger partial charge on any atom is 0.241 e. The van der Waals surface area contributed by atoms with Crippen molar-refractivity contribution < 1.29 is 13.2 Å². The van der Waals surface area contributed by atoms with E-state index in [1.54, 1.807) is 12.1 Å². The summed E-state index contributed by atoms with van der Waals surface area (Å²) in [5.74, 6) is -0.122. The zero-order valence-corrected chi connectivity index (χ0v) is 12.2. The van der Waals surface area contributed by atoms with Crippen LogP contribution in [0.5, 0.6) is 0 Å². The molecule has 20 heavy (non-hydrogen) atoms. The van der Waals surface area contributed by atoms with Gasteiger partial charge in [-0.05, 0) is 44.6 Å². The molecule has 7 heteroatoms. The molecule has 1 fully saturated rings. The van der Waals surface area contributed by atoms with Crippen molar-refractivity contribution >= 4 is 21.6 Å². The molecule has 3 N–H and O–H groups in total. The molecule has 0 spiro atoms. The second-order valence-corrected chi connectivity index (χ2v) is 6.61. The number of amides is 1. The monoisotopic (exact) mass is 297 g/mol. The number of piperidine rings is 1. The lowest BCUT2D eigenvalue weighted by atomic mass is 10.0. The van der Waals surface area contributed by atoms with Crippen LogP contribution in [0.4, 0.5) is 5.69 Å². The van der Waals surface area contributed by atoms with Crippen LogP contribution in [0.3, 0.4) is 0 Å². The van der Waals surface area contributed by atoms with Gasteiger partial charge in [-0.25, -0.2) is 13.1 Å². The lowest BCUT2D eigenvalue weighted by Crippen LogP contribution is -2.43.